The minimum absolute atomic E-state index is 0.0211. The van der Waals surface area contributed by atoms with Crippen LogP contribution in [0, 0.1) is 0 Å². The molecule has 0 aromatic heterocycles. The van der Waals surface area contributed by atoms with E-state index in [4.69, 9.17) is 23.2 Å². The van der Waals surface area contributed by atoms with E-state index in [2.05, 4.69) is 21.2 Å². The second-order valence-electron chi connectivity index (χ2n) is 3.90. The number of anilines is 1. The van der Waals surface area contributed by atoms with E-state index < -0.39 is 5.91 Å². The molecule has 2 rings (SSSR count). The highest BCUT2D eigenvalue weighted by Crippen LogP contribution is 2.35. The number of hydrogen-bond donors (Lipinski definition) is 3. The van der Waals surface area contributed by atoms with E-state index in [0.29, 0.717) is 4.47 Å². The number of nitrogens with one attached hydrogen (secondary N) is 1. The summed E-state index contributed by atoms with van der Waals surface area (Å²) in [7, 11) is 0. The molecule has 0 aliphatic rings. The summed E-state index contributed by atoms with van der Waals surface area (Å²) in [5.41, 5.74) is 0.124. The highest BCUT2D eigenvalue weighted by atomic mass is 79.9. The third kappa shape index (κ3) is 3.17. The Kier molecular flexibility index (Phi) is 4.42. The summed E-state index contributed by atoms with van der Waals surface area (Å²) in [5.74, 6) is -1.07. The van der Waals surface area contributed by atoms with E-state index in [9.17, 15) is 15.0 Å². The number of phenols is 2. The lowest BCUT2D eigenvalue weighted by molar-refractivity contribution is 0.102. The molecule has 0 saturated carbocycles. The zero-order valence-corrected chi connectivity index (χ0v) is 12.9. The van der Waals surface area contributed by atoms with Crippen LogP contribution >= 0.6 is 39.1 Å². The molecule has 0 spiro atoms. The van der Waals surface area contributed by atoms with Crippen molar-refractivity contribution in [2.45, 2.75) is 0 Å². The standard InChI is InChI=1S/C13H8BrCl2NO3/c14-6-1-2-8(11(18)3-6)13(20)17-10-5-7(15)4-9(16)12(10)19/h1-5,18-19H,(H,17,20). The normalized spacial score (nSPS) is 10.3. The second-order valence-corrected chi connectivity index (χ2v) is 5.66. The number of benzene rings is 2. The van der Waals surface area contributed by atoms with Crippen LogP contribution in [0.2, 0.25) is 10.0 Å². The first-order valence-corrected chi connectivity index (χ1v) is 6.91. The summed E-state index contributed by atoms with van der Waals surface area (Å²) in [6, 6.07) is 7.15. The Bertz CT molecular complexity index is 692. The summed E-state index contributed by atoms with van der Waals surface area (Å²) >= 11 is 14.7. The van der Waals surface area contributed by atoms with Crippen LogP contribution in [0.1, 0.15) is 10.4 Å². The molecule has 0 bridgehead atoms. The van der Waals surface area contributed by atoms with E-state index >= 15 is 0 Å². The first kappa shape index (κ1) is 15.0. The van der Waals surface area contributed by atoms with Gasteiger partial charge in [0.25, 0.3) is 5.91 Å². The Balaban J connectivity index is 2.32. The van der Waals surface area contributed by atoms with Gasteiger partial charge in [-0.05, 0) is 30.3 Å². The molecule has 3 N–H and O–H groups in total. The number of carbonyl (C=O) groups excluding carboxylic acids is 1. The van der Waals surface area contributed by atoms with Crippen molar-refractivity contribution < 1.29 is 15.0 Å². The van der Waals surface area contributed by atoms with Gasteiger partial charge < -0.3 is 15.5 Å². The van der Waals surface area contributed by atoms with Crippen molar-refractivity contribution in [2.24, 2.45) is 0 Å². The summed E-state index contributed by atoms with van der Waals surface area (Å²) in [5, 5.41) is 22.2. The van der Waals surface area contributed by atoms with Gasteiger partial charge in [0.1, 0.15) is 5.75 Å². The van der Waals surface area contributed by atoms with E-state index in [-0.39, 0.29) is 32.8 Å². The predicted molar refractivity (Wildman–Crippen MR) is 81.9 cm³/mol. The lowest BCUT2D eigenvalue weighted by Gasteiger charge is -2.10. The van der Waals surface area contributed by atoms with Gasteiger partial charge in [0.2, 0.25) is 0 Å². The SMILES string of the molecule is O=C(Nc1cc(Cl)cc(Cl)c1O)c1ccc(Br)cc1O. The quantitative estimate of drug-likeness (QED) is 0.679. The van der Waals surface area contributed by atoms with Crippen LogP contribution < -0.4 is 5.32 Å². The summed E-state index contributed by atoms with van der Waals surface area (Å²) in [6.07, 6.45) is 0. The van der Waals surface area contributed by atoms with Gasteiger partial charge in [0.15, 0.2) is 5.75 Å². The highest BCUT2D eigenvalue weighted by Gasteiger charge is 2.15. The number of hydrogen-bond acceptors (Lipinski definition) is 3. The number of rotatable bonds is 2. The molecule has 0 unspecified atom stereocenters. The van der Waals surface area contributed by atoms with Crippen LogP contribution in [-0.2, 0) is 0 Å². The average molecular weight is 377 g/mol. The fourth-order valence-corrected chi connectivity index (χ4v) is 2.39. The molecule has 0 saturated heterocycles. The van der Waals surface area contributed by atoms with Gasteiger partial charge in [-0.3, -0.25) is 4.79 Å². The Morgan fingerprint density at radius 3 is 2.50 bits per heavy atom. The molecule has 2 aromatic rings. The van der Waals surface area contributed by atoms with E-state index in [1.807, 2.05) is 0 Å². The Labute approximate surface area is 133 Å². The maximum atomic E-state index is 12.0. The van der Waals surface area contributed by atoms with Gasteiger partial charge in [-0.1, -0.05) is 39.1 Å². The average Bonchev–Trinajstić information content (AvgIpc) is 2.35. The first-order valence-electron chi connectivity index (χ1n) is 5.36. The van der Waals surface area contributed by atoms with Crippen molar-refractivity contribution in [1.82, 2.24) is 0 Å². The van der Waals surface area contributed by atoms with Crippen molar-refractivity contribution in [3.05, 3.63) is 50.4 Å². The van der Waals surface area contributed by atoms with Gasteiger partial charge in [-0.15, -0.1) is 0 Å². The third-order valence-corrected chi connectivity index (χ3v) is 3.48. The Hall–Kier alpha value is -1.43. The van der Waals surface area contributed by atoms with Crippen LogP contribution in [0.3, 0.4) is 0 Å². The number of aromatic hydroxyl groups is 2. The van der Waals surface area contributed by atoms with Crippen molar-refractivity contribution in [3.8, 4) is 11.5 Å². The fourth-order valence-electron chi connectivity index (χ4n) is 1.55. The molecule has 0 radical (unpaired) electrons. The fraction of sp³-hybridized carbons (Fsp3) is 0. The summed E-state index contributed by atoms with van der Waals surface area (Å²) < 4.78 is 0.639. The molecule has 0 atom stereocenters. The van der Waals surface area contributed by atoms with E-state index in [1.165, 1.54) is 24.3 Å². The Morgan fingerprint density at radius 2 is 1.85 bits per heavy atom. The van der Waals surface area contributed by atoms with Crippen LogP contribution in [0.25, 0.3) is 0 Å². The maximum absolute atomic E-state index is 12.0. The molecule has 2 aromatic carbocycles. The molecule has 7 heteroatoms. The van der Waals surface area contributed by atoms with Gasteiger partial charge in [-0.25, -0.2) is 0 Å². The van der Waals surface area contributed by atoms with Gasteiger partial charge >= 0.3 is 0 Å². The van der Waals surface area contributed by atoms with E-state index in [0.717, 1.165) is 0 Å². The molecular formula is C13H8BrCl2NO3. The molecule has 0 heterocycles. The maximum Gasteiger partial charge on any atom is 0.259 e. The van der Waals surface area contributed by atoms with Gasteiger partial charge in [0, 0.05) is 9.50 Å². The summed E-state index contributed by atoms with van der Waals surface area (Å²) in [4.78, 5) is 12.0. The van der Waals surface area contributed by atoms with Crippen LogP contribution in [-0.4, -0.2) is 16.1 Å². The minimum Gasteiger partial charge on any atom is -0.507 e. The van der Waals surface area contributed by atoms with Crippen LogP contribution in [0.15, 0.2) is 34.8 Å². The van der Waals surface area contributed by atoms with Crippen LogP contribution in [0.5, 0.6) is 11.5 Å². The van der Waals surface area contributed by atoms with E-state index in [1.54, 1.807) is 6.07 Å². The monoisotopic (exact) mass is 375 g/mol. The molecule has 0 fully saturated rings. The van der Waals surface area contributed by atoms with Gasteiger partial charge in [0.05, 0.1) is 16.3 Å². The predicted octanol–water partition coefficient (Wildman–Crippen LogP) is 4.42. The van der Waals surface area contributed by atoms with Gasteiger partial charge in [-0.2, -0.15) is 0 Å². The smallest absolute Gasteiger partial charge is 0.259 e. The van der Waals surface area contributed by atoms with Crippen molar-refractivity contribution >= 4 is 50.7 Å². The van der Waals surface area contributed by atoms with Crippen molar-refractivity contribution in [2.75, 3.05) is 5.32 Å². The molecular weight excluding hydrogens is 369 g/mol. The number of amides is 1. The van der Waals surface area contributed by atoms with Crippen molar-refractivity contribution in [1.29, 1.82) is 0 Å². The topological polar surface area (TPSA) is 69.6 Å². The lowest BCUT2D eigenvalue weighted by Crippen LogP contribution is -2.12. The molecule has 0 aliphatic heterocycles. The third-order valence-electron chi connectivity index (χ3n) is 2.48. The minimum atomic E-state index is -0.594. The highest BCUT2D eigenvalue weighted by molar-refractivity contribution is 9.10. The summed E-state index contributed by atoms with van der Waals surface area (Å²) in [6.45, 7) is 0. The molecule has 4 nitrogen and oxygen atoms in total. The number of halogens is 3. The number of carbonyl (C=O) groups is 1. The molecule has 20 heavy (non-hydrogen) atoms. The molecule has 1 amide bonds. The largest absolute Gasteiger partial charge is 0.507 e. The molecule has 0 aliphatic carbocycles. The Morgan fingerprint density at radius 1 is 1.15 bits per heavy atom. The first-order chi connectivity index (χ1) is 9.38. The van der Waals surface area contributed by atoms with Crippen molar-refractivity contribution in [3.63, 3.8) is 0 Å². The van der Waals surface area contributed by atoms with Crippen LogP contribution in [0.4, 0.5) is 5.69 Å². The second kappa shape index (κ2) is 5.91. The number of phenolic OH excluding ortho intramolecular Hbond substituents is 2. The zero-order chi connectivity index (χ0) is 14.9. The lowest BCUT2D eigenvalue weighted by atomic mass is 10.2. The zero-order valence-electron chi connectivity index (χ0n) is 9.82. The molecule has 104 valence electrons.